The summed E-state index contributed by atoms with van der Waals surface area (Å²) in [6.45, 7) is 0.369. The maximum atomic E-state index is 8.97. The van der Waals surface area contributed by atoms with Gasteiger partial charge in [-0.3, -0.25) is 0 Å². The van der Waals surface area contributed by atoms with E-state index in [0.29, 0.717) is 12.4 Å². The lowest BCUT2D eigenvalue weighted by Crippen LogP contribution is -2.29. The molecule has 0 spiro atoms. The molecule has 1 aromatic heterocycles. The summed E-state index contributed by atoms with van der Waals surface area (Å²) in [6.07, 6.45) is 1.54. The highest BCUT2D eigenvalue weighted by Crippen LogP contribution is 2.07. The Balaban J connectivity index is 2.57. The number of methoxy groups -OCH3 is 1. The van der Waals surface area contributed by atoms with Crippen LogP contribution in [0.5, 0.6) is 0 Å². The second-order valence-electron chi connectivity index (χ2n) is 2.69. The fraction of sp³-hybridized carbons (Fsp3) is 0.500. The smallest absolute Gasteiger partial charge is 0.224 e. The topological polar surface area (TPSA) is 67.3 Å². The normalized spacial score (nSPS) is 12.5. The van der Waals surface area contributed by atoms with Crippen LogP contribution in [0, 0.1) is 0 Å². The molecule has 0 radical (unpaired) electrons. The lowest BCUT2D eigenvalue weighted by atomic mass is 10.3. The molecule has 0 fully saturated rings. The Morgan fingerprint density at radius 2 is 2.50 bits per heavy atom. The Morgan fingerprint density at radius 3 is 3.07 bits per heavy atom. The molecule has 1 heterocycles. The molecular formula is C8H12ClN3O2. The molecule has 6 heteroatoms. The van der Waals surface area contributed by atoms with Crippen molar-refractivity contribution in [2.24, 2.45) is 0 Å². The third-order valence-electron chi connectivity index (χ3n) is 1.57. The molecular weight excluding hydrogens is 206 g/mol. The van der Waals surface area contributed by atoms with Gasteiger partial charge in [-0.05, 0) is 17.7 Å². The van der Waals surface area contributed by atoms with Crippen LogP contribution in [0.2, 0.25) is 5.28 Å². The van der Waals surface area contributed by atoms with Crippen molar-refractivity contribution in [1.29, 1.82) is 0 Å². The van der Waals surface area contributed by atoms with Crippen molar-refractivity contribution in [3.63, 3.8) is 0 Å². The number of ether oxygens (including phenoxy) is 1. The lowest BCUT2D eigenvalue weighted by Gasteiger charge is -2.15. The van der Waals surface area contributed by atoms with Gasteiger partial charge in [0.2, 0.25) is 5.28 Å². The summed E-state index contributed by atoms with van der Waals surface area (Å²) in [6, 6.07) is 1.48. The van der Waals surface area contributed by atoms with E-state index in [0.717, 1.165) is 0 Å². The van der Waals surface area contributed by atoms with Gasteiger partial charge in [-0.25, -0.2) is 9.97 Å². The number of rotatable bonds is 5. The van der Waals surface area contributed by atoms with Crippen LogP contribution in [0.3, 0.4) is 0 Å². The van der Waals surface area contributed by atoms with E-state index in [2.05, 4.69) is 15.3 Å². The number of anilines is 1. The van der Waals surface area contributed by atoms with Gasteiger partial charge in [0.15, 0.2) is 0 Å². The van der Waals surface area contributed by atoms with Crippen molar-refractivity contribution in [2.45, 2.75) is 6.04 Å². The van der Waals surface area contributed by atoms with E-state index in [4.69, 9.17) is 21.4 Å². The Labute approximate surface area is 87.1 Å². The van der Waals surface area contributed by atoms with Crippen LogP contribution in [-0.4, -0.2) is 41.4 Å². The van der Waals surface area contributed by atoms with Gasteiger partial charge in [0.1, 0.15) is 5.82 Å². The number of hydrogen-bond acceptors (Lipinski definition) is 5. The van der Waals surface area contributed by atoms with Gasteiger partial charge in [-0.2, -0.15) is 0 Å². The Morgan fingerprint density at radius 1 is 1.71 bits per heavy atom. The molecule has 0 aromatic carbocycles. The second-order valence-corrected chi connectivity index (χ2v) is 3.03. The molecule has 0 saturated heterocycles. The summed E-state index contributed by atoms with van der Waals surface area (Å²) in [4.78, 5) is 7.66. The quantitative estimate of drug-likeness (QED) is 0.705. The van der Waals surface area contributed by atoms with Gasteiger partial charge < -0.3 is 15.2 Å². The number of halogens is 1. The predicted octanol–water partition coefficient (Wildman–Crippen LogP) is 0.549. The summed E-state index contributed by atoms with van der Waals surface area (Å²) in [5.41, 5.74) is 0. The highest BCUT2D eigenvalue weighted by molar-refractivity contribution is 6.28. The van der Waals surface area contributed by atoms with Gasteiger partial charge in [0, 0.05) is 13.3 Å². The zero-order valence-corrected chi connectivity index (χ0v) is 8.53. The van der Waals surface area contributed by atoms with Gasteiger partial charge in [-0.15, -0.1) is 0 Å². The molecule has 78 valence electrons. The van der Waals surface area contributed by atoms with E-state index in [1.165, 1.54) is 0 Å². The highest BCUT2D eigenvalue weighted by Gasteiger charge is 2.07. The average Bonchev–Trinajstić information content (AvgIpc) is 2.17. The minimum absolute atomic E-state index is 0.0323. The van der Waals surface area contributed by atoms with Gasteiger partial charge >= 0.3 is 0 Å². The van der Waals surface area contributed by atoms with Crippen molar-refractivity contribution >= 4 is 17.4 Å². The lowest BCUT2D eigenvalue weighted by molar-refractivity contribution is 0.153. The number of aliphatic hydroxyl groups excluding tert-OH is 1. The van der Waals surface area contributed by atoms with E-state index in [1.54, 1.807) is 19.4 Å². The van der Waals surface area contributed by atoms with Crippen LogP contribution in [-0.2, 0) is 4.74 Å². The molecule has 1 unspecified atom stereocenters. The maximum absolute atomic E-state index is 8.97. The third kappa shape index (κ3) is 3.45. The first-order valence-electron chi connectivity index (χ1n) is 4.11. The van der Waals surface area contributed by atoms with E-state index in [9.17, 15) is 0 Å². The van der Waals surface area contributed by atoms with Crippen LogP contribution >= 0.6 is 11.6 Å². The van der Waals surface area contributed by atoms with Crippen molar-refractivity contribution < 1.29 is 9.84 Å². The van der Waals surface area contributed by atoms with Crippen molar-refractivity contribution in [1.82, 2.24) is 9.97 Å². The fourth-order valence-electron chi connectivity index (χ4n) is 0.966. The number of nitrogens with zero attached hydrogens (tertiary/aromatic N) is 2. The van der Waals surface area contributed by atoms with Crippen LogP contribution in [0.25, 0.3) is 0 Å². The summed E-state index contributed by atoms with van der Waals surface area (Å²) in [5, 5.41) is 12.1. The molecule has 5 nitrogen and oxygen atoms in total. The summed E-state index contributed by atoms with van der Waals surface area (Å²) in [5.74, 6) is 0.570. The highest BCUT2D eigenvalue weighted by atomic mass is 35.5. The molecule has 2 N–H and O–H groups in total. The summed E-state index contributed by atoms with van der Waals surface area (Å²) in [7, 11) is 1.57. The monoisotopic (exact) mass is 217 g/mol. The first kappa shape index (κ1) is 11.2. The molecule has 0 aliphatic carbocycles. The minimum Gasteiger partial charge on any atom is -0.394 e. The summed E-state index contributed by atoms with van der Waals surface area (Å²) >= 11 is 5.59. The van der Waals surface area contributed by atoms with Crippen LogP contribution in [0.4, 0.5) is 5.82 Å². The SMILES string of the molecule is COCC(CO)Nc1ccnc(Cl)n1. The van der Waals surface area contributed by atoms with Gasteiger partial charge in [-0.1, -0.05) is 0 Å². The Bertz CT molecular complexity index is 285. The standard InChI is InChI=1S/C8H12ClN3O2/c1-14-5-6(4-13)11-7-2-3-10-8(9)12-7/h2-3,6,13H,4-5H2,1H3,(H,10,11,12). The Kier molecular flexibility index (Phi) is 4.58. The zero-order valence-electron chi connectivity index (χ0n) is 7.77. The number of aromatic nitrogens is 2. The van der Waals surface area contributed by atoms with Crippen LogP contribution in [0.1, 0.15) is 0 Å². The molecule has 1 rings (SSSR count). The second kappa shape index (κ2) is 5.74. The Hall–Kier alpha value is -0.910. The number of aliphatic hydroxyl groups is 1. The van der Waals surface area contributed by atoms with Crippen molar-refractivity contribution in [3.05, 3.63) is 17.5 Å². The van der Waals surface area contributed by atoms with Crippen molar-refractivity contribution in [2.75, 3.05) is 25.6 Å². The van der Waals surface area contributed by atoms with E-state index in [-0.39, 0.29) is 17.9 Å². The molecule has 0 bridgehead atoms. The fourth-order valence-corrected chi connectivity index (χ4v) is 1.11. The maximum Gasteiger partial charge on any atom is 0.224 e. The van der Waals surface area contributed by atoms with Gasteiger partial charge in [0.25, 0.3) is 0 Å². The molecule has 1 atom stereocenters. The molecule has 14 heavy (non-hydrogen) atoms. The summed E-state index contributed by atoms with van der Waals surface area (Å²) < 4.78 is 4.90. The molecule has 0 aliphatic heterocycles. The third-order valence-corrected chi connectivity index (χ3v) is 1.75. The molecule has 0 amide bonds. The minimum atomic E-state index is -0.189. The molecule has 1 aromatic rings. The van der Waals surface area contributed by atoms with Crippen molar-refractivity contribution in [3.8, 4) is 0 Å². The average molecular weight is 218 g/mol. The zero-order chi connectivity index (χ0) is 10.4. The van der Waals surface area contributed by atoms with Crippen LogP contribution in [0.15, 0.2) is 12.3 Å². The molecule has 0 saturated carbocycles. The first-order chi connectivity index (χ1) is 6.76. The van der Waals surface area contributed by atoms with E-state index < -0.39 is 0 Å². The van der Waals surface area contributed by atoms with Crippen LogP contribution < -0.4 is 5.32 Å². The van der Waals surface area contributed by atoms with E-state index in [1.807, 2.05) is 0 Å². The predicted molar refractivity (Wildman–Crippen MR) is 53.4 cm³/mol. The van der Waals surface area contributed by atoms with E-state index >= 15 is 0 Å². The number of hydrogen-bond donors (Lipinski definition) is 2. The van der Waals surface area contributed by atoms with Gasteiger partial charge in [0.05, 0.1) is 19.3 Å². The number of nitrogens with one attached hydrogen (secondary N) is 1. The largest absolute Gasteiger partial charge is 0.394 e. The molecule has 0 aliphatic rings. The first-order valence-corrected chi connectivity index (χ1v) is 4.49.